The zero-order chi connectivity index (χ0) is 16.0. The number of carbonyl (C=O) groups excluding carboxylic acids is 1. The van der Waals surface area contributed by atoms with Gasteiger partial charge >= 0.3 is 0 Å². The molecule has 1 aromatic rings. The Labute approximate surface area is 135 Å². The topological polar surface area (TPSA) is 38.8 Å². The summed E-state index contributed by atoms with van der Waals surface area (Å²) in [6, 6.07) is 5.60. The second kappa shape index (κ2) is 8.35. The summed E-state index contributed by atoms with van der Waals surface area (Å²) in [7, 11) is 3.16. The van der Waals surface area contributed by atoms with Crippen LogP contribution in [0.1, 0.15) is 25.8 Å². The molecule has 1 aromatic carbocycles. The Morgan fingerprint density at radius 3 is 2.33 bits per heavy atom. The van der Waals surface area contributed by atoms with Crippen LogP contribution in [0.2, 0.25) is 0 Å². The van der Waals surface area contributed by atoms with Crippen molar-refractivity contribution in [2.75, 3.05) is 14.2 Å². The largest absolute Gasteiger partial charge is 0.493 e. The van der Waals surface area contributed by atoms with E-state index < -0.39 is 4.84 Å². The fourth-order valence-electron chi connectivity index (χ4n) is 1.97. The van der Waals surface area contributed by atoms with Crippen molar-refractivity contribution in [3.8, 4) is 11.5 Å². The Morgan fingerprint density at radius 1 is 1.24 bits per heavy atom. The lowest BCUT2D eigenvalue weighted by atomic mass is 10.1. The van der Waals surface area contributed by atoms with E-state index in [2.05, 4.69) is 0 Å². The maximum absolute atomic E-state index is 12.1. The van der Waals surface area contributed by atoms with Crippen LogP contribution in [0.4, 0.5) is 0 Å². The Kier molecular flexibility index (Phi) is 7.12. The molecule has 0 saturated carbocycles. The molecule has 1 atom stereocenters. The first-order chi connectivity index (χ1) is 9.94. The lowest BCUT2D eigenvalue weighted by molar-refractivity contribution is -0.132. The number of halogens is 2. The molecule has 0 aliphatic rings. The van der Waals surface area contributed by atoms with Crippen LogP contribution in [0, 0.1) is 0 Å². The van der Waals surface area contributed by atoms with Crippen molar-refractivity contribution in [2.45, 2.75) is 37.7 Å². The highest BCUT2D eigenvalue weighted by molar-refractivity contribution is 6.53. The summed E-state index contributed by atoms with van der Waals surface area (Å²) in [4.78, 5) is 12.7. The standard InChI is InChI=1S/C15H21Cl2NO3/c1-5-10(2)18(15(19)14(16)17)9-11-6-7-12(20-3)13(8-11)21-4/h6-8,10,14H,5,9H2,1-4H3. The average molecular weight is 334 g/mol. The SMILES string of the molecule is CCC(C)N(Cc1ccc(OC)c(OC)c1)C(=O)C(Cl)Cl. The zero-order valence-corrected chi connectivity index (χ0v) is 14.2. The van der Waals surface area contributed by atoms with Crippen molar-refractivity contribution in [3.63, 3.8) is 0 Å². The third-order valence-electron chi connectivity index (χ3n) is 3.39. The minimum Gasteiger partial charge on any atom is -0.493 e. The Balaban J connectivity index is 3.00. The number of rotatable bonds is 7. The normalized spacial score (nSPS) is 12.1. The van der Waals surface area contributed by atoms with Crippen LogP contribution < -0.4 is 9.47 Å². The monoisotopic (exact) mass is 333 g/mol. The van der Waals surface area contributed by atoms with Crippen molar-refractivity contribution in [1.82, 2.24) is 4.90 Å². The van der Waals surface area contributed by atoms with E-state index in [9.17, 15) is 4.79 Å². The smallest absolute Gasteiger partial charge is 0.256 e. The molecule has 1 unspecified atom stereocenters. The van der Waals surface area contributed by atoms with Crippen LogP contribution in [0.15, 0.2) is 18.2 Å². The van der Waals surface area contributed by atoms with Gasteiger partial charge in [0.15, 0.2) is 16.3 Å². The summed E-state index contributed by atoms with van der Waals surface area (Å²) in [5.41, 5.74) is 0.926. The van der Waals surface area contributed by atoms with Gasteiger partial charge in [0.25, 0.3) is 5.91 Å². The van der Waals surface area contributed by atoms with Crippen LogP contribution in [0.3, 0.4) is 0 Å². The number of methoxy groups -OCH3 is 2. The van der Waals surface area contributed by atoms with E-state index in [0.717, 1.165) is 12.0 Å². The van der Waals surface area contributed by atoms with Crippen LogP contribution in [0.25, 0.3) is 0 Å². The third-order valence-corrected chi connectivity index (χ3v) is 3.77. The van der Waals surface area contributed by atoms with Gasteiger partial charge in [-0.2, -0.15) is 0 Å². The van der Waals surface area contributed by atoms with Crippen LogP contribution >= 0.6 is 23.2 Å². The molecule has 0 aliphatic heterocycles. The van der Waals surface area contributed by atoms with Crippen molar-refractivity contribution < 1.29 is 14.3 Å². The molecule has 0 heterocycles. The van der Waals surface area contributed by atoms with Crippen molar-refractivity contribution >= 4 is 29.1 Å². The molecule has 0 fully saturated rings. The summed E-state index contributed by atoms with van der Waals surface area (Å²) in [5.74, 6) is 0.984. The van der Waals surface area contributed by atoms with Crippen molar-refractivity contribution in [3.05, 3.63) is 23.8 Å². The molecule has 1 amide bonds. The van der Waals surface area contributed by atoms with Gasteiger partial charge in [0.1, 0.15) is 0 Å². The number of hydrogen-bond donors (Lipinski definition) is 0. The van der Waals surface area contributed by atoms with E-state index >= 15 is 0 Å². The van der Waals surface area contributed by atoms with Gasteiger partial charge in [0.2, 0.25) is 0 Å². The second-order valence-electron chi connectivity index (χ2n) is 4.71. The van der Waals surface area contributed by atoms with Crippen LogP contribution in [-0.4, -0.2) is 35.9 Å². The lowest BCUT2D eigenvalue weighted by Gasteiger charge is -2.29. The minimum atomic E-state index is -1.06. The molecule has 0 spiro atoms. The molecule has 0 bridgehead atoms. The summed E-state index contributed by atoms with van der Waals surface area (Å²) in [5, 5.41) is 0. The predicted molar refractivity (Wildman–Crippen MR) is 85.3 cm³/mol. The highest BCUT2D eigenvalue weighted by Crippen LogP contribution is 2.28. The molecular weight excluding hydrogens is 313 g/mol. The quantitative estimate of drug-likeness (QED) is 0.715. The zero-order valence-electron chi connectivity index (χ0n) is 12.7. The van der Waals surface area contributed by atoms with Crippen LogP contribution in [-0.2, 0) is 11.3 Å². The summed E-state index contributed by atoms with van der Waals surface area (Å²) >= 11 is 11.5. The van der Waals surface area contributed by atoms with E-state index in [1.165, 1.54) is 0 Å². The maximum Gasteiger partial charge on any atom is 0.256 e. The van der Waals surface area contributed by atoms with Gasteiger partial charge in [-0.3, -0.25) is 4.79 Å². The molecule has 0 aromatic heterocycles. The highest BCUT2D eigenvalue weighted by Gasteiger charge is 2.24. The van der Waals surface area contributed by atoms with Gasteiger partial charge in [-0.05, 0) is 31.0 Å². The van der Waals surface area contributed by atoms with Gasteiger partial charge in [-0.1, -0.05) is 36.2 Å². The molecule has 0 N–H and O–H groups in total. The third kappa shape index (κ3) is 4.68. The van der Waals surface area contributed by atoms with E-state index in [1.807, 2.05) is 32.0 Å². The van der Waals surface area contributed by atoms with E-state index in [4.69, 9.17) is 32.7 Å². The summed E-state index contributed by atoms with van der Waals surface area (Å²) in [6.45, 7) is 4.40. The number of hydrogen-bond acceptors (Lipinski definition) is 3. The highest BCUT2D eigenvalue weighted by atomic mass is 35.5. The van der Waals surface area contributed by atoms with Crippen molar-refractivity contribution in [1.29, 1.82) is 0 Å². The molecule has 4 nitrogen and oxygen atoms in total. The number of alkyl halides is 2. The molecule has 118 valence electrons. The Hall–Kier alpha value is -1.13. The number of carbonyl (C=O) groups is 1. The lowest BCUT2D eigenvalue weighted by Crippen LogP contribution is -2.40. The van der Waals surface area contributed by atoms with Crippen LogP contribution in [0.5, 0.6) is 11.5 Å². The number of amides is 1. The van der Waals surface area contributed by atoms with Gasteiger partial charge in [-0.15, -0.1) is 0 Å². The van der Waals surface area contributed by atoms with E-state index in [1.54, 1.807) is 19.1 Å². The molecule has 6 heteroatoms. The van der Waals surface area contributed by atoms with Crippen molar-refractivity contribution in [2.24, 2.45) is 0 Å². The number of benzene rings is 1. The van der Waals surface area contributed by atoms with E-state index in [-0.39, 0.29) is 11.9 Å². The van der Waals surface area contributed by atoms with Gasteiger partial charge in [0, 0.05) is 12.6 Å². The fourth-order valence-corrected chi connectivity index (χ4v) is 2.22. The maximum atomic E-state index is 12.1. The van der Waals surface area contributed by atoms with Gasteiger partial charge in [0.05, 0.1) is 14.2 Å². The molecular formula is C15H21Cl2NO3. The molecule has 21 heavy (non-hydrogen) atoms. The summed E-state index contributed by atoms with van der Waals surface area (Å²) in [6.07, 6.45) is 0.819. The first-order valence-corrected chi connectivity index (χ1v) is 7.61. The first-order valence-electron chi connectivity index (χ1n) is 6.74. The summed E-state index contributed by atoms with van der Waals surface area (Å²) < 4.78 is 10.5. The van der Waals surface area contributed by atoms with Gasteiger partial charge < -0.3 is 14.4 Å². The first kappa shape index (κ1) is 17.9. The Morgan fingerprint density at radius 2 is 1.86 bits per heavy atom. The average Bonchev–Trinajstić information content (AvgIpc) is 2.50. The minimum absolute atomic E-state index is 0.0468. The van der Waals surface area contributed by atoms with E-state index in [0.29, 0.717) is 18.0 Å². The molecule has 0 saturated heterocycles. The Bertz CT molecular complexity index is 480. The molecule has 0 radical (unpaired) electrons. The fraction of sp³-hybridized carbons (Fsp3) is 0.533. The number of nitrogens with zero attached hydrogens (tertiary/aromatic N) is 1. The van der Waals surface area contributed by atoms with Gasteiger partial charge in [-0.25, -0.2) is 0 Å². The molecule has 0 aliphatic carbocycles. The second-order valence-corrected chi connectivity index (χ2v) is 5.81. The molecule has 1 rings (SSSR count). The number of ether oxygens (including phenoxy) is 2. The predicted octanol–water partition coefficient (Wildman–Crippen LogP) is 3.63.